The van der Waals surface area contributed by atoms with Crippen LogP contribution in [0.25, 0.3) is 10.8 Å². The largest absolute Gasteiger partial charge is 0.491 e. The van der Waals surface area contributed by atoms with Gasteiger partial charge in [-0.2, -0.15) is 0 Å². The van der Waals surface area contributed by atoms with Gasteiger partial charge in [-0.3, -0.25) is 4.79 Å². The molecule has 1 unspecified atom stereocenters. The summed E-state index contributed by atoms with van der Waals surface area (Å²) in [6, 6.07) is 13.4. The van der Waals surface area contributed by atoms with Gasteiger partial charge in [0, 0.05) is 5.39 Å². The molecular formula is C15H17NO3. The second kappa shape index (κ2) is 6.20. The fraction of sp³-hybridized carbons (Fsp3) is 0.267. The predicted octanol–water partition coefficient (Wildman–Crippen LogP) is 1.98. The van der Waals surface area contributed by atoms with Gasteiger partial charge in [0.1, 0.15) is 18.4 Å². The van der Waals surface area contributed by atoms with E-state index in [4.69, 9.17) is 9.47 Å². The lowest BCUT2D eigenvalue weighted by molar-refractivity contribution is -0.143. The van der Waals surface area contributed by atoms with E-state index in [1.165, 1.54) is 7.11 Å². The van der Waals surface area contributed by atoms with Gasteiger partial charge in [-0.05, 0) is 18.5 Å². The summed E-state index contributed by atoms with van der Waals surface area (Å²) in [6.07, 6.45) is 0. The first kappa shape index (κ1) is 13.4. The van der Waals surface area contributed by atoms with E-state index in [0.717, 1.165) is 16.5 Å². The SMILES string of the molecule is CNC(COc1cccc2ccccc12)C(=O)OC. The van der Waals surface area contributed by atoms with E-state index < -0.39 is 6.04 Å². The first-order valence-electron chi connectivity index (χ1n) is 6.12. The molecule has 19 heavy (non-hydrogen) atoms. The van der Waals surface area contributed by atoms with E-state index in [0.29, 0.717) is 0 Å². The number of fused-ring (bicyclic) bond motifs is 1. The van der Waals surface area contributed by atoms with Crippen molar-refractivity contribution in [3.63, 3.8) is 0 Å². The van der Waals surface area contributed by atoms with Crippen molar-refractivity contribution in [1.29, 1.82) is 0 Å². The maximum absolute atomic E-state index is 11.5. The number of carbonyl (C=O) groups excluding carboxylic acids is 1. The van der Waals surface area contributed by atoms with Gasteiger partial charge in [-0.1, -0.05) is 36.4 Å². The highest BCUT2D eigenvalue weighted by molar-refractivity contribution is 5.88. The Kier molecular flexibility index (Phi) is 4.36. The number of methoxy groups -OCH3 is 1. The molecule has 0 aliphatic carbocycles. The molecule has 0 spiro atoms. The van der Waals surface area contributed by atoms with E-state index in [2.05, 4.69) is 5.32 Å². The molecular weight excluding hydrogens is 242 g/mol. The number of rotatable bonds is 5. The highest BCUT2D eigenvalue weighted by Gasteiger charge is 2.17. The van der Waals surface area contributed by atoms with Gasteiger partial charge >= 0.3 is 5.97 Å². The second-order valence-corrected chi connectivity index (χ2v) is 4.15. The first-order chi connectivity index (χ1) is 9.26. The van der Waals surface area contributed by atoms with Crippen LogP contribution in [-0.4, -0.2) is 32.8 Å². The quantitative estimate of drug-likeness (QED) is 0.834. The third-order valence-electron chi connectivity index (χ3n) is 2.99. The molecule has 0 heterocycles. The molecule has 0 fully saturated rings. The molecule has 2 aromatic carbocycles. The molecule has 0 radical (unpaired) electrons. The molecule has 4 nitrogen and oxygen atoms in total. The van der Waals surface area contributed by atoms with Crippen molar-refractivity contribution < 1.29 is 14.3 Å². The van der Waals surface area contributed by atoms with E-state index in [1.807, 2.05) is 42.5 Å². The van der Waals surface area contributed by atoms with Gasteiger partial charge in [-0.25, -0.2) is 0 Å². The molecule has 0 bridgehead atoms. The summed E-state index contributed by atoms with van der Waals surface area (Å²) in [5.74, 6) is 0.435. The second-order valence-electron chi connectivity index (χ2n) is 4.15. The Bertz CT molecular complexity index is 563. The van der Waals surface area contributed by atoms with Gasteiger partial charge < -0.3 is 14.8 Å². The smallest absolute Gasteiger partial charge is 0.326 e. The average molecular weight is 259 g/mol. The van der Waals surface area contributed by atoms with Crippen LogP contribution in [0.3, 0.4) is 0 Å². The molecule has 4 heteroatoms. The number of hydrogen-bond donors (Lipinski definition) is 1. The maximum Gasteiger partial charge on any atom is 0.326 e. The number of hydrogen-bond acceptors (Lipinski definition) is 4. The zero-order chi connectivity index (χ0) is 13.7. The van der Waals surface area contributed by atoms with E-state index in [9.17, 15) is 4.79 Å². The normalized spacial score (nSPS) is 12.1. The number of nitrogens with one attached hydrogen (secondary N) is 1. The molecule has 100 valence electrons. The molecule has 0 aliphatic rings. The van der Waals surface area contributed by atoms with Gasteiger partial charge in [0.05, 0.1) is 7.11 Å². The number of likely N-dealkylation sites (N-methyl/N-ethyl adjacent to an activating group) is 1. The van der Waals surface area contributed by atoms with Crippen LogP contribution in [0.5, 0.6) is 5.75 Å². The topological polar surface area (TPSA) is 47.6 Å². The van der Waals surface area contributed by atoms with Crippen molar-refractivity contribution in [2.75, 3.05) is 20.8 Å². The third-order valence-corrected chi connectivity index (χ3v) is 2.99. The van der Waals surface area contributed by atoms with E-state index in [1.54, 1.807) is 7.05 Å². The van der Waals surface area contributed by atoms with Crippen molar-refractivity contribution in [3.05, 3.63) is 42.5 Å². The summed E-state index contributed by atoms with van der Waals surface area (Å²) in [7, 11) is 3.07. The summed E-state index contributed by atoms with van der Waals surface area (Å²) in [6.45, 7) is 0.233. The Morgan fingerprint density at radius 3 is 2.68 bits per heavy atom. The van der Waals surface area contributed by atoms with Gasteiger partial charge in [0.25, 0.3) is 0 Å². The zero-order valence-electron chi connectivity index (χ0n) is 11.1. The van der Waals surface area contributed by atoms with Crippen LogP contribution in [0.15, 0.2) is 42.5 Å². The summed E-state index contributed by atoms with van der Waals surface area (Å²) in [4.78, 5) is 11.5. The van der Waals surface area contributed by atoms with Crippen LogP contribution in [0.1, 0.15) is 0 Å². The standard InChI is InChI=1S/C15H17NO3/c1-16-13(15(17)18-2)10-19-14-9-5-7-11-6-3-4-8-12(11)14/h3-9,13,16H,10H2,1-2H3. The van der Waals surface area contributed by atoms with E-state index in [-0.39, 0.29) is 12.6 Å². The Labute approximate surface area is 112 Å². The van der Waals surface area contributed by atoms with Crippen LogP contribution in [0, 0.1) is 0 Å². The van der Waals surface area contributed by atoms with Crippen molar-refractivity contribution >= 4 is 16.7 Å². The molecule has 2 aromatic rings. The van der Waals surface area contributed by atoms with Crippen molar-refractivity contribution in [1.82, 2.24) is 5.32 Å². The summed E-state index contributed by atoms with van der Waals surface area (Å²) in [5, 5.41) is 5.01. The maximum atomic E-state index is 11.5. The minimum atomic E-state index is -0.469. The first-order valence-corrected chi connectivity index (χ1v) is 6.12. The molecule has 0 amide bonds. The minimum absolute atomic E-state index is 0.233. The Morgan fingerprint density at radius 1 is 1.21 bits per heavy atom. The van der Waals surface area contributed by atoms with Gasteiger partial charge in [0.2, 0.25) is 0 Å². The minimum Gasteiger partial charge on any atom is -0.491 e. The van der Waals surface area contributed by atoms with Crippen LogP contribution in [0.4, 0.5) is 0 Å². The number of esters is 1. The van der Waals surface area contributed by atoms with Crippen molar-refractivity contribution in [2.24, 2.45) is 0 Å². The van der Waals surface area contributed by atoms with Crippen molar-refractivity contribution in [2.45, 2.75) is 6.04 Å². The summed E-state index contributed by atoms with van der Waals surface area (Å²) < 4.78 is 10.4. The molecule has 2 rings (SSSR count). The number of ether oxygens (including phenoxy) is 2. The Balaban J connectivity index is 2.15. The predicted molar refractivity (Wildman–Crippen MR) is 74.3 cm³/mol. The highest BCUT2D eigenvalue weighted by Crippen LogP contribution is 2.25. The zero-order valence-corrected chi connectivity index (χ0v) is 11.1. The lowest BCUT2D eigenvalue weighted by Gasteiger charge is -2.15. The average Bonchev–Trinajstić information content (AvgIpc) is 2.47. The van der Waals surface area contributed by atoms with E-state index >= 15 is 0 Å². The fourth-order valence-electron chi connectivity index (χ4n) is 1.91. The summed E-state index contributed by atoms with van der Waals surface area (Å²) in [5.41, 5.74) is 0. The molecule has 0 aromatic heterocycles. The van der Waals surface area contributed by atoms with Crippen molar-refractivity contribution in [3.8, 4) is 5.75 Å². The molecule has 1 N–H and O–H groups in total. The number of benzene rings is 2. The van der Waals surface area contributed by atoms with Gasteiger partial charge in [0.15, 0.2) is 0 Å². The van der Waals surface area contributed by atoms with Crippen LogP contribution in [0.2, 0.25) is 0 Å². The highest BCUT2D eigenvalue weighted by atomic mass is 16.5. The monoisotopic (exact) mass is 259 g/mol. The Hall–Kier alpha value is -2.07. The third kappa shape index (κ3) is 3.03. The molecule has 1 atom stereocenters. The summed E-state index contributed by atoms with van der Waals surface area (Å²) >= 11 is 0. The fourth-order valence-corrected chi connectivity index (χ4v) is 1.91. The lowest BCUT2D eigenvalue weighted by Crippen LogP contribution is -2.40. The van der Waals surface area contributed by atoms with Gasteiger partial charge in [-0.15, -0.1) is 0 Å². The molecule has 0 saturated heterocycles. The Morgan fingerprint density at radius 2 is 1.95 bits per heavy atom. The molecule has 0 saturated carbocycles. The van der Waals surface area contributed by atoms with Crippen LogP contribution in [-0.2, 0) is 9.53 Å². The van der Waals surface area contributed by atoms with Crippen LogP contribution < -0.4 is 10.1 Å². The number of carbonyl (C=O) groups is 1. The molecule has 0 aliphatic heterocycles. The lowest BCUT2D eigenvalue weighted by atomic mass is 10.1. The van der Waals surface area contributed by atoms with Crippen LogP contribution >= 0.6 is 0 Å².